The van der Waals surface area contributed by atoms with Crippen LogP contribution in [0.1, 0.15) is 20.8 Å². The number of hydrogen-bond donors (Lipinski definition) is 0. The van der Waals surface area contributed by atoms with E-state index in [9.17, 15) is 4.79 Å². The second-order valence-corrected chi connectivity index (χ2v) is 3.82. The molecule has 0 aliphatic rings. The second-order valence-electron chi connectivity index (χ2n) is 3.38. The number of ether oxygens (including phenoxy) is 1. The predicted octanol–water partition coefficient (Wildman–Crippen LogP) is 1.83. The zero-order chi connectivity index (χ0) is 10.8. The Morgan fingerprint density at radius 3 is 2.79 bits per heavy atom. The lowest BCUT2D eigenvalue weighted by Gasteiger charge is -2.22. The van der Waals surface area contributed by atoms with Crippen LogP contribution in [0.2, 0.25) is 5.02 Å². The molecule has 0 atom stereocenters. The van der Waals surface area contributed by atoms with E-state index in [1.807, 2.05) is 0 Å². The maximum Gasteiger partial charge on any atom is 0.333 e. The Bertz CT molecular complexity index is 333. The van der Waals surface area contributed by atoms with Crippen molar-refractivity contribution in [3.8, 4) is 0 Å². The van der Waals surface area contributed by atoms with Crippen molar-refractivity contribution in [1.29, 1.82) is 0 Å². The Kier molecular flexibility index (Phi) is 3.16. The average Bonchev–Trinajstić information content (AvgIpc) is 2.52. The summed E-state index contributed by atoms with van der Waals surface area (Å²) in [5.74, 6) is -0.320. The number of carbonyl (C=O) groups is 1. The fraction of sp³-hybridized carbons (Fsp3) is 0.556. The quantitative estimate of drug-likeness (QED) is 0.725. The normalized spacial score (nSPS) is 11.4. The highest BCUT2D eigenvalue weighted by Crippen LogP contribution is 2.18. The van der Waals surface area contributed by atoms with Crippen LogP contribution < -0.4 is 0 Å². The minimum Gasteiger partial charge on any atom is -0.464 e. The first-order chi connectivity index (χ1) is 6.48. The van der Waals surface area contributed by atoms with Gasteiger partial charge in [0.1, 0.15) is 0 Å². The summed E-state index contributed by atoms with van der Waals surface area (Å²) in [7, 11) is 0. The first-order valence-electron chi connectivity index (χ1n) is 4.36. The molecule has 0 aliphatic heterocycles. The molecular weight excluding hydrogens is 204 g/mol. The molecule has 0 aliphatic carbocycles. The van der Waals surface area contributed by atoms with Gasteiger partial charge in [-0.25, -0.2) is 4.79 Å². The second kappa shape index (κ2) is 4.00. The lowest BCUT2D eigenvalue weighted by molar-refractivity contribution is -0.152. The summed E-state index contributed by atoms with van der Waals surface area (Å²) in [6, 6.07) is 0. The predicted molar refractivity (Wildman–Crippen MR) is 53.2 cm³/mol. The van der Waals surface area contributed by atoms with Crippen LogP contribution in [-0.4, -0.2) is 22.4 Å². The van der Waals surface area contributed by atoms with E-state index in [-0.39, 0.29) is 5.97 Å². The van der Waals surface area contributed by atoms with Gasteiger partial charge in [0.05, 0.1) is 17.8 Å². The minimum atomic E-state index is -0.816. The zero-order valence-electron chi connectivity index (χ0n) is 8.45. The zero-order valence-corrected chi connectivity index (χ0v) is 9.21. The average molecular weight is 217 g/mol. The molecule has 4 nitrogen and oxygen atoms in total. The molecule has 0 amide bonds. The molecule has 14 heavy (non-hydrogen) atoms. The van der Waals surface area contributed by atoms with Crippen molar-refractivity contribution in [1.82, 2.24) is 9.78 Å². The van der Waals surface area contributed by atoms with Crippen molar-refractivity contribution in [2.24, 2.45) is 0 Å². The van der Waals surface area contributed by atoms with Crippen LogP contribution in [0.15, 0.2) is 12.4 Å². The fourth-order valence-corrected chi connectivity index (χ4v) is 1.14. The topological polar surface area (TPSA) is 44.1 Å². The third-order valence-electron chi connectivity index (χ3n) is 1.90. The lowest BCUT2D eigenvalue weighted by atomic mass is 10.1. The summed E-state index contributed by atoms with van der Waals surface area (Å²) < 4.78 is 6.42. The third-order valence-corrected chi connectivity index (χ3v) is 2.09. The summed E-state index contributed by atoms with van der Waals surface area (Å²) in [5.41, 5.74) is -0.816. The summed E-state index contributed by atoms with van der Waals surface area (Å²) in [4.78, 5) is 11.5. The molecule has 78 valence electrons. The molecule has 1 rings (SSSR count). The van der Waals surface area contributed by atoms with Crippen LogP contribution in [0.3, 0.4) is 0 Å². The Labute approximate surface area is 87.8 Å². The summed E-state index contributed by atoms with van der Waals surface area (Å²) in [6.45, 7) is 5.59. The van der Waals surface area contributed by atoms with E-state index in [1.54, 1.807) is 27.0 Å². The fourth-order valence-electron chi connectivity index (χ4n) is 1.01. The van der Waals surface area contributed by atoms with Crippen molar-refractivity contribution in [2.75, 3.05) is 6.61 Å². The number of rotatable bonds is 3. The molecule has 0 saturated heterocycles. The smallest absolute Gasteiger partial charge is 0.333 e. The summed E-state index contributed by atoms with van der Waals surface area (Å²) in [5, 5.41) is 4.48. The molecule has 5 heteroatoms. The standard InChI is InChI=1S/C9H13ClN2O2/c1-4-14-8(13)9(2,3)12-6-7(10)5-11-12/h5-6H,4H2,1-3H3. The van der Waals surface area contributed by atoms with Gasteiger partial charge in [-0.3, -0.25) is 4.68 Å². The highest BCUT2D eigenvalue weighted by atomic mass is 35.5. The number of carbonyl (C=O) groups excluding carboxylic acids is 1. The van der Waals surface area contributed by atoms with E-state index in [0.29, 0.717) is 11.6 Å². The Balaban J connectivity index is 2.89. The maximum absolute atomic E-state index is 11.5. The summed E-state index contributed by atoms with van der Waals surface area (Å²) >= 11 is 5.71. The van der Waals surface area contributed by atoms with Crippen LogP contribution in [0.25, 0.3) is 0 Å². The third kappa shape index (κ3) is 2.07. The van der Waals surface area contributed by atoms with Gasteiger partial charge in [0.2, 0.25) is 0 Å². The Morgan fingerprint density at radius 1 is 1.71 bits per heavy atom. The van der Waals surface area contributed by atoms with Crippen molar-refractivity contribution < 1.29 is 9.53 Å². The van der Waals surface area contributed by atoms with E-state index in [0.717, 1.165) is 0 Å². The van der Waals surface area contributed by atoms with Gasteiger partial charge in [0.25, 0.3) is 0 Å². The number of halogens is 1. The van der Waals surface area contributed by atoms with Gasteiger partial charge >= 0.3 is 5.97 Å². The molecule has 0 N–H and O–H groups in total. The van der Waals surface area contributed by atoms with Crippen LogP contribution in [0.5, 0.6) is 0 Å². The Hall–Kier alpha value is -1.03. The maximum atomic E-state index is 11.5. The highest BCUT2D eigenvalue weighted by molar-refractivity contribution is 6.30. The number of hydrogen-bond acceptors (Lipinski definition) is 3. The van der Waals surface area contributed by atoms with Crippen LogP contribution in [0, 0.1) is 0 Å². The van der Waals surface area contributed by atoms with Gasteiger partial charge in [0.15, 0.2) is 5.54 Å². The molecule has 1 aromatic heterocycles. The lowest BCUT2D eigenvalue weighted by Crippen LogP contribution is -2.37. The molecule has 0 saturated carbocycles. The van der Waals surface area contributed by atoms with Gasteiger partial charge in [-0.15, -0.1) is 0 Å². The summed E-state index contributed by atoms with van der Waals surface area (Å²) in [6.07, 6.45) is 3.08. The van der Waals surface area contributed by atoms with Gasteiger partial charge < -0.3 is 4.74 Å². The van der Waals surface area contributed by atoms with Gasteiger partial charge in [-0.1, -0.05) is 11.6 Å². The van der Waals surface area contributed by atoms with Gasteiger partial charge in [-0.2, -0.15) is 5.10 Å². The highest BCUT2D eigenvalue weighted by Gasteiger charge is 2.32. The van der Waals surface area contributed by atoms with Crippen molar-refractivity contribution in [3.63, 3.8) is 0 Å². The van der Waals surface area contributed by atoms with Crippen molar-refractivity contribution in [3.05, 3.63) is 17.4 Å². The minimum absolute atomic E-state index is 0.320. The van der Waals surface area contributed by atoms with E-state index in [2.05, 4.69) is 5.10 Å². The molecule has 0 fully saturated rings. The number of esters is 1. The van der Waals surface area contributed by atoms with E-state index in [1.165, 1.54) is 10.9 Å². The molecule has 0 bridgehead atoms. The first kappa shape index (κ1) is 11.0. The molecular formula is C9H13ClN2O2. The van der Waals surface area contributed by atoms with Crippen LogP contribution in [0.4, 0.5) is 0 Å². The monoisotopic (exact) mass is 216 g/mol. The molecule has 0 aromatic carbocycles. The van der Waals surface area contributed by atoms with Gasteiger partial charge in [-0.05, 0) is 20.8 Å². The molecule has 1 heterocycles. The van der Waals surface area contributed by atoms with Crippen molar-refractivity contribution >= 4 is 17.6 Å². The van der Waals surface area contributed by atoms with E-state index < -0.39 is 5.54 Å². The molecule has 0 spiro atoms. The van der Waals surface area contributed by atoms with E-state index >= 15 is 0 Å². The number of nitrogens with zero attached hydrogens (tertiary/aromatic N) is 2. The largest absolute Gasteiger partial charge is 0.464 e. The molecule has 0 unspecified atom stereocenters. The molecule has 1 aromatic rings. The number of aromatic nitrogens is 2. The Morgan fingerprint density at radius 2 is 2.36 bits per heavy atom. The van der Waals surface area contributed by atoms with Crippen LogP contribution >= 0.6 is 11.6 Å². The molecule has 0 radical (unpaired) electrons. The SMILES string of the molecule is CCOC(=O)C(C)(C)n1cc(Cl)cn1. The first-order valence-corrected chi connectivity index (χ1v) is 4.74. The van der Waals surface area contributed by atoms with Gasteiger partial charge in [0, 0.05) is 6.20 Å². The van der Waals surface area contributed by atoms with Crippen molar-refractivity contribution in [2.45, 2.75) is 26.3 Å². The van der Waals surface area contributed by atoms with E-state index in [4.69, 9.17) is 16.3 Å². The van der Waals surface area contributed by atoms with Crippen LogP contribution in [-0.2, 0) is 15.1 Å².